The van der Waals surface area contributed by atoms with Crippen LogP contribution in [0.5, 0.6) is 0 Å². The van der Waals surface area contributed by atoms with Crippen LogP contribution in [0.25, 0.3) is 11.0 Å². The third-order valence-electron chi connectivity index (χ3n) is 2.00. The Kier molecular flexibility index (Phi) is 1.67. The van der Waals surface area contributed by atoms with E-state index in [9.17, 15) is 4.79 Å². The van der Waals surface area contributed by atoms with Gasteiger partial charge in [0.2, 0.25) is 0 Å². The van der Waals surface area contributed by atoms with Crippen molar-refractivity contribution in [2.45, 2.75) is 6.92 Å². The number of H-pyrrole nitrogens is 1. The molecule has 2 rings (SSSR count). The third-order valence-corrected chi connectivity index (χ3v) is 2.00. The number of nitrogens with two attached hydrogens (primary N) is 1. The molecule has 0 unspecified atom stereocenters. The normalized spacial score (nSPS) is 10.6. The zero-order valence-electron chi connectivity index (χ0n) is 7.53. The number of aromatic nitrogens is 2. The van der Waals surface area contributed by atoms with E-state index in [0.29, 0.717) is 11.0 Å². The molecule has 5 heteroatoms. The van der Waals surface area contributed by atoms with E-state index in [-0.39, 0.29) is 11.3 Å². The predicted octanol–water partition coefficient (Wildman–Crippen LogP) is 1.15. The van der Waals surface area contributed by atoms with Gasteiger partial charge in [0.25, 0.3) is 0 Å². The number of aryl methyl sites for hydroxylation is 1. The number of carboxylic acids is 1. The van der Waals surface area contributed by atoms with Crippen molar-refractivity contribution in [2.24, 2.45) is 0 Å². The number of aromatic carboxylic acids is 1. The van der Waals surface area contributed by atoms with Crippen molar-refractivity contribution in [1.29, 1.82) is 0 Å². The summed E-state index contributed by atoms with van der Waals surface area (Å²) in [6.45, 7) is 1.80. The van der Waals surface area contributed by atoms with Crippen LogP contribution in [-0.4, -0.2) is 21.0 Å². The van der Waals surface area contributed by atoms with Gasteiger partial charge in [0.1, 0.15) is 5.82 Å². The Morgan fingerprint density at radius 3 is 2.93 bits per heavy atom. The highest BCUT2D eigenvalue weighted by Gasteiger charge is 2.10. The SMILES string of the molecule is Cc1nc2cc(N)c(C(=O)O)cc2[nH]1. The Morgan fingerprint density at radius 1 is 1.57 bits per heavy atom. The molecule has 1 aromatic carbocycles. The molecule has 1 heterocycles. The lowest BCUT2D eigenvalue weighted by Gasteiger charge is -1.99. The second kappa shape index (κ2) is 2.73. The van der Waals surface area contributed by atoms with E-state index in [1.807, 2.05) is 0 Å². The van der Waals surface area contributed by atoms with E-state index in [2.05, 4.69) is 9.97 Å². The molecule has 1 aromatic heterocycles. The smallest absolute Gasteiger partial charge is 0.337 e. The fourth-order valence-electron chi connectivity index (χ4n) is 1.39. The van der Waals surface area contributed by atoms with Crippen LogP contribution >= 0.6 is 0 Å². The highest BCUT2D eigenvalue weighted by atomic mass is 16.4. The first-order chi connectivity index (χ1) is 6.58. The zero-order valence-corrected chi connectivity index (χ0v) is 7.53. The van der Waals surface area contributed by atoms with Gasteiger partial charge in [-0.25, -0.2) is 9.78 Å². The molecule has 5 nitrogen and oxygen atoms in total. The number of anilines is 1. The summed E-state index contributed by atoms with van der Waals surface area (Å²) in [5, 5.41) is 8.82. The number of benzene rings is 1. The number of rotatable bonds is 1. The quantitative estimate of drug-likeness (QED) is 0.589. The number of nitrogen functional groups attached to an aromatic ring is 1. The van der Waals surface area contributed by atoms with Crippen molar-refractivity contribution in [3.63, 3.8) is 0 Å². The molecule has 0 spiro atoms. The number of carboxylic acid groups (broad SMARTS) is 1. The minimum absolute atomic E-state index is 0.0983. The average Bonchev–Trinajstić information content (AvgIpc) is 2.42. The Balaban J connectivity index is 2.76. The number of aromatic amines is 1. The molecule has 14 heavy (non-hydrogen) atoms. The number of nitrogens with one attached hydrogen (secondary N) is 1. The molecule has 0 saturated carbocycles. The minimum Gasteiger partial charge on any atom is -0.478 e. The molecule has 0 amide bonds. The van der Waals surface area contributed by atoms with Crippen LogP contribution in [0.1, 0.15) is 16.2 Å². The maximum absolute atomic E-state index is 10.8. The Morgan fingerprint density at radius 2 is 2.29 bits per heavy atom. The summed E-state index contributed by atoms with van der Waals surface area (Å²) >= 11 is 0. The summed E-state index contributed by atoms with van der Waals surface area (Å²) in [4.78, 5) is 17.9. The average molecular weight is 191 g/mol. The van der Waals surface area contributed by atoms with Gasteiger partial charge in [0, 0.05) is 5.69 Å². The summed E-state index contributed by atoms with van der Waals surface area (Å²) in [7, 11) is 0. The van der Waals surface area contributed by atoms with Crippen LogP contribution in [0.3, 0.4) is 0 Å². The van der Waals surface area contributed by atoms with Gasteiger partial charge >= 0.3 is 5.97 Å². The van der Waals surface area contributed by atoms with Crippen LogP contribution in [0.15, 0.2) is 12.1 Å². The lowest BCUT2D eigenvalue weighted by Crippen LogP contribution is -2.01. The van der Waals surface area contributed by atoms with E-state index in [4.69, 9.17) is 10.8 Å². The molecule has 0 aliphatic heterocycles. The highest BCUT2D eigenvalue weighted by molar-refractivity contribution is 5.98. The number of hydrogen-bond acceptors (Lipinski definition) is 3. The van der Waals surface area contributed by atoms with Crippen molar-refractivity contribution in [3.05, 3.63) is 23.5 Å². The zero-order chi connectivity index (χ0) is 10.3. The topological polar surface area (TPSA) is 92.0 Å². The lowest BCUT2D eigenvalue weighted by molar-refractivity contribution is 0.0698. The molecule has 0 atom stereocenters. The predicted molar refractivity (Wildman–Crippen MR) is 52.2 cm³/mol. The molecule has 4 N–H and O–H groups in total. The van der Waals surface area contributed by atoms with Crippen LogP contribution in [-0.2, 0) is 0 Å². The van der Waals surface area contributed by atoms with E-state index < -0.39 is 5.97 Å². The number of imidazole rings is 1. The van der Waals surface area contributed by atoms with Gasteiger partial charge in [0.05, 0.1) is 16.6 Å². The molecule has 0 bridgehead atoms. The summed E-state index contributed by atoms with van der Waals surface area (Å²) in [5.74, 6) is -0.293. The molecule has 0 fully saturated rings. The Labute approximate surface area is 79.6 Å². The highest BCUT2D eigenvalue weighted by Crippen LogP contribution is 2.20. The van der Waals surface area contributed by atoms with Crippen molar-refractivity contribution < 1.29 is 9.90 Å². The van der Waals surface area contributed by atoms with Crippen molar-refractivity contribution >= 4 is 22.7 Å². The maximum atomic E-state index is 10.8. The number of hydrogen-bond donors (Lipinski definition) is 3. The number of carbonyl (C=O) groups is 1. The van der Waals surface area contributed by atoms with E-state index in [1.165, 1.54) is 6.07 Å². The molecule has 0 saturated heterocycles. The third kappa shape index (κ3) is 1.19. The maximum Gasteiger partial charge on any atom is 0.337 e. The first-order valence-corrected chi connectivity index (χ1v) is 4.07. The first-order valence-electron chi connectivity index (χ1n) is 4.07. The van der Waals surface area contributed by atoms with Gasteiger partial charge in [-0.05, 0) is 19.1 Å². The van der Waals surface area contributed by atoms with Gasteiger partial charge in [-0.3, -0.25) is 0 Å². The van der Waals surface area contributed by atoms with E-state index in [1.54, 1.807) is 13.0 Å². The molecular weight excluding hydrogens is 182 g/mol. The lowest BCUT2D eigenvalue weighted by atomic mass is 10.1. The Hall–Kier alpha value is -2.04. The van der Waals surface area contributed by atoms with Crippen LogP contribution in [0.4, 0.5) is 5.69 Å². The largest absolute Gasteiger partial charge is 0.478 e. The first kappa shape index (κ1) is 8.55. The molecular formula is C9H9N3O2. The molecule has 0 aliphatic rings. The molecule has 72 valence electrons. The van der Waals surface area contributed by atoms with Crippen molar-refractivity contribution in [2.75, 3.05) is 5.73 Å². The summed E-state index contributed by atoms with van der Waals surface area (Å²) in [6, 6.07) is 3.05. The van der Waals surface area contributed by atoms with Crippen LogP contribution in [0.2, 0.25) is 0 Å². The van der Waals surface area contributed by atoms with Crippen LogP contribution < -0.4 is 5.73 Å². The molecule has 0 radical (unpaired) electrons. The second-order valence-corrected chi connectivity index (χ2v) is 3.08. The van der Waals surface area contributed by atoms with Crippen molar-refractivity contribution in [1.82, 2.24) is 9.97 Å². The second-order valence-electron chi connectivity index (χ2n) is 3.08. The van der Waals surface area contributed by atoms with E-state index >= 15 is 0 Å². The Bertz CT molecular complexity index is 516. The fraction of sp³-hybridized carbons (Fsp3) is 0.111. The molecule has 0 aliphatic carbocycles. The number of nitrogens with zero attached hydrogens (tertiary/aromatic N) is 1. The summed E-state index contributed by atoms with van der Waals surface area (Å²) in [6.07, 6.45) is 0. The van der Waals surface area contributed by atoms with Crippen molar-refractivity contribution in [3.8, 4) is 0 Å². The van der Waals surface area contributed by atoms with Gasteiger partial charge in [0.15, 0.2) is 0 Å². The fourth-order valence-corrected chi connectivity index (χ4v) is 1.39. The molecule has 2 aromatic rings. The van der Waals surface area contributed by atoms with Crippen LogP contribution in [0, 0.1) is 6.92 Å². The monoisotopic (exact) mass is 191 g/mol. The van der Waals surface area contributed by atoms with E-state index in [0.717, 1.165) is 5.82 Å². The van der Waals surface area contributed by atoms with Gasteiger partial charge < -0.3 is 15.8 Å². The van der Waals surface area contributed by atoms with Gasteiger partial charge in [-0.1, -0.05) is 0 Å². The minimum atomic E-state index is -1.03. The standard InChI is InChI=1S/C9H9N3O2/c1-4-11-7-2-5(9(13)14)6(10)3-8(7)12-4/h2-3H,10H2,1H3,(H,11,12)(H,13,14). The van der Waals surface area contributed by atoms with Gasteiger partial charge in [-0.2, -0.15) is 0 Å². The summed E-state index contributed by atoms with van der Waals surface area (Å²) < 4.78 is 0. The summed E-state index contributed by atoms with van der Waals surface area (Å²) in [5.41, 5.74) is 7.27. The number of fused-ring (bicyclic) bond motifs is 1. The van der Waals surface area contributed by atoms with Gasteiger partial charge in [-0.15, -0.1) is 0 Å².